The molecule has 0 saturated carbocycles. The van der Waals surface area contributed by atoms with Crippen LogP contribution in [0.1, 0.15) is 11.1 Å². The number of rotatable bonds is 2. The van der Waals surface area contributed by atoms with Crippen molar-refractivity contribution in [1.82, 2.24) is 0 Å². The van der Waals surface area contributed by atoms with Crippen molar-refractivity contribution in [3.8, 4) is 0 Å². The van der Waals surface area contributed by atoms with Crippen molar-refractivity contribution >= 4 is 40.9 Å². The Balaban J connectivity index is 2.10. The van der Waals surface area contributed by atoms with Crippen molar-refractivity contribution in [3.05, 3.63) is 75.5 Å². The summed E-state index contributed by atoms with van der Waals surface area (Å²) in [6.07, 6.45) is 0. The number of hydrogen-bond donors (Lipinski definition) is 0. The lowest BCUT2D eigenvalue weighted by atomic mass is 9.99. The summed E-state index contributed by atoms with van der Waals surface area (Å²) in [4.78, 5) is 0. The van der Waals surface area contributed by atoms with Crippen LogP contribution in [0, 0.1) is 11.6 Å². The van der Waals surface area contributed by atoms with Gasteiger partial charge in [-0.25, -0.2) is 8.78 Å². The van der Waals surface area contributed by atoms with Crippen LogP contribution in [0.3, 0.4) is 0 Å². The van der Waals surface area contributed by atoms with Crippen LogP contribution in [-0.4, -0.2) is 10.2 Å². The Morgan fingerprint density at radius 1 is 0.714 bits per heavy atom. The minimum absolute atomic E-state index is 0.248. The third-order valence-corrected chi connectivity index (χ3v) is 6.93. The molecule has 21 heavy (non-hydrogen) atoms. The molecule has 1 saturated heterocycles. The van der Waals surface area contributed by atoms with E-state index in [0.717, 1.165) is 26.9 Å². The van der Waals surface area contributed by atoms with E-state index in [2.05, 4.69) is 0 Å². The molecule has 0 aromatic heterocycles. The summed E-state index contributed by atoms with van der Waals surface area (Å²) < 4.78 is 27.6. The molecule has 1 heterocycles. The Bertz CT molecular complexity index is 593. The zero-order valence-electron chi connectivity index (χ0n) is 11.0. The topological polar surface area (TPSA) is 0 Å². The summed E-state index contributed by atoms with van der Waals surface area (Å²) in [5, 5.41) is 2.02. The van der Waals surface area contributed by atoms with Crippen molar-refractivity contribution in [2.75, 3.05) is 10.2 Å². The molecule has 0 amide bonds. The molecule has 0 radical (unpaired) electrons. The molecule has 108 valence electrons. The first kappa shape index (κ1) is 15.0. The van der Waals surface area contributed by atoms with Crippen LogP contribution < -0.4 is 0 Å². The standard InChI is InChI=1S/C16H12F2S3/c17-13-5-1-11(2-6-13)15(16-20-9-19-10-21-16)12-3-7-14(18)8-4-12/h1-8H,9-10H2. The van der Waals surface area contributed by atoms with Gasteiger partial charge in [0, 0.05) is 15.7 Å². The highest BCUT2D eigenvalue weighted by molar-refractivity contribution is 8.36. The highest BCUT2D eigenvalue weighted by atomic mass is 32.3. The number of benzene rings is 2. The minimum atomic E-state index is -0.248. The van der Waals surface area contributed by atoms with Crippen LogP contribution in [0.2, 0.25) is 0 Å². The Morgan fingerprint density at radius 3 is 1.57 bits per heavy atom. The predicted octanol–water partition coefficient (Wildman–Crippen LogP) is 5.81. The summed E-state index contributed by atoms with van der Waals surface area (Å²) in [5.74, 6) is -0.497. The first-order valence-corrected chi connectivity index (χ1v) is 9.46. The lowest BCUT2D eigenvalue weighted by molar-refractivity contribution is 0.627. The van der Waals surface area contributed by atoms with Gasteiger partial charge < -0.3 is 0 Å². The van der Waals surface area contributed by atoms with Gasteiger partial charge in [0.2, 0.25) is 0 Å². The lowest BCUT2D eigenvalue weighted by Gasteiger charge is -2.19. The monoisotopic (exact) mass is 338 g/mol. The van der Waals surface area contributed by atoms with Gasteiger partial charge in [-0.3, -0.25) is 0 Å². The second-order valence-electron chi connectivity index (χ2n) is 4.40. The van der Waals surface area contributed by atoms with Gasteiger partial charge in [0.1, 0.15) is 11.6 Å². The number of hydrogen-bond acceptors (Lipinski definition) is 3. The Labute approximate surface area is 135 Å². The van der Waals surface area contributed by atoms with E-state index in [-0.39, 0.29) is 11.6 Å². The second kappa shape index (κ2) is 6.90. The van der Waals surface area contributed by atoms with Crippen LogP contribution in [0.25, 0.3) is 5.57 Å². The van der Waals surface area contributed by atoms with Crippen LogP contribution in [0.4, 0.5) is 8.78 Å². The van der Waals surface area contributed by atoms with Gasteiger partial charge in [-0.15, -0.1) is 35.3 Å². The molecule has 0 atom stereocenters. The van der Waals surface area contributed by atoms with E-state index in [0.29, 0.717) is 0 Å². The van der Waals surface area contributed by atoms with Gasteiger partial charge in [0.15, 0.2) is 0 Å². The van der Waals surface area contributed by atoms with Gasteiger partial charge in [0.05, 0.1) is 4.24 Å². The molecule has 0 aliphatic carbocycles. The van der Waals surface area contributed by atoms with Crippen molar-refractivity contribution in [1.29, 1.82) is 0 Å². The van der Waals surface area contributed by atoms with E-state index < -0.39 is 0 Å². The average Bonchev–Trinajstić information content (AvgIpc) is 2.52. The third-order valence-electron chi connectivity index (χ3n) is 3.02. The molecular formula is C16H12F2S3. The molecule has 1 fully saturated rings. The maximum absolute atomic E-state index is 13.2. The Hall–Kier alpha value is -0.910. The van der Waals surface area contributed by atoms with E-state index in [1.807, 2.05) is 11.8 Å². The normalized spacial score (nSPS) is 15.0. The molecule has 5 heteroatoms. The third kappa shape index (κ3) is 3.65. The quantitative estimate of drug-likeness (QED) is 0.678. The fourth-order valence-electron chi connectivity index (χ4n) is 2.05. The average molecular weight is 338 g/mol. The fourth-order valence-corrected chi connectivity index (χ4v) is 6.41. The second-order valence-corrected chi connectivity index (χ2v) is 8.35. The predicted molar refractivity (Wildman–Crippen MR) is 91.3 cm³/mol. The molecule has 0 unspecified atom stereocenters. The van der Waals surface area contributed by atoms with Crippen molar-refractivity contribution < 1.29 is 8.78 Å². The molecule has 2 aromatic rings. The zero-order valence-corrected chi connectivity index (χ0v) is 13.5. The fraction of sp³-hybridized carbons (Fsp3) is 0.125. The first-order valence-electron chi connectivity index (χ1n) is 6.33. The van der Waals surface area contributed by atoms with E-state index in [1.54, 1.807) is 47.8 Å². The molecule has 0 bridgehead atoms. The molecule has 0 nitrogen and oxygen atoms in total. The van der Waals surface area contributed by atoms with Crippen LogP contribution in [0.15, 0.2) is 52.8 Å². The van der Waals surface area contributed by atoms with Gasteiger partial charge in [-0.05, 0) is 35.4 Å². The minimum Gasteiger partial charge on any atom is -0.207 e. The molecule has 3 rings (SSSR count). The molecule has 0 N–H and O–H groups in total. The molecule has 0 spiro atoms. The van der Waals surface area contributed by atoms with E-state index in [9.17, 15) is 8.78 Å². The van der Waals surface area contributed by atoms with Crippen molar-refractivity contribution in [3.63, 3.8) is 0 Å². The molecule has 1 aliphatic rings. The van der Waals surface area contributed by atoms with Crippen molar-refractivity contribution in [2.45, 2.75) is 0 Å². The maximum atomic E-state index is 13.2. The first-order chi connectivity index (χ1) is 10.2. The SMILES string of the molecule is Fc1ccc(C(=C2SCSCS2)c2ccc(F)cc2)cc1. The lowest BCUT2D eigenvalue weighted by Crippen LogP contribution is -1.95. The Kier molecular flexibility index (Phi) is 4.93. The van der Waals surface area contributed by atoms with E-state index >= 15 is 0 Å². The largest absolute Gasteiger partial charge is 0.207 e. The molecule has 1 aliphatic heterocycles. The molecule has 2 aromatic carbocycles. The summed E-state index contributed by atoms with van der Waals surface area (Å²) in [6, 6.07) is 13.0. The number of halogens is 2. The zero-order chi connectivity index (χ0) is 14.7. The summed E-state index contributed by atoms with van der Waals surface area (Å²) in [6.45, 7) is 0. The smallest absolute Gasteiger partial charge is 0.123 e. The van der Waals surface area contributed by atoms with Crippen LogP contribution >= 0.6 is 35.3 Å². The Morgan fingerprint density at radius 2 is 1.14 bits per heavy atom. The molecular weight excluding hydrogens is 326 g/mol. The van der Waals surface area contributed by atoms with Gasteiger partial charge in [-0.2, -0.15) is 0 Å². The maximum Gasteiger partial charge on any atom is 0.123 e. The van der Waals surface area contributed by atoms with Crippen LogP contribution in [-0.2, 0) is 0 Å². The summed E-state index contributed by atoms with van der Waals surface area (Å²) in [7, 11) is 0. The summed E-state index contributed by atoms with van der Waals surface area (Å²) >= 11 is 5.46. The van der Waals surface area contributed by atoms with Crippen LogP contribution in [0.5, 0.6) is 0 Å². The van der Waals surface area contributed by atoms with Gasteiger partial charge in [-0.1, -0.05) is 24.3 Å². The number of thioether (sulfide) groups is 3. The summed E-state index contributed by atoms with van der Waals surface area (Å²) in [5.41, 5.74) is 2.99. The van der Waals surface area contributed by atoms with Gasteiger partial charge >= 0.3 is 0 Å². The van der Waals surface area contributed by atoms with E-state index in [4.69, 9.17) is 0 Å². The van der Waals surface area contributed by atoms with Crippen molar-refractivity contribution in [2.24, 2.45) is 0 Å². The highest BCUT2D eigenvalue weighted by Gasteiger charge is 2.16. The van der Waals surface area contributed by atoms with Gasteiger partial charge in [0.25, 0.3) is 0 Å². The highest BCUT2D eigenvalue weighted by Crippen LogP contribution is 2.45. The van der Waals surface area contributed by atoms with E-state index in [1.165, 1.54) is 28.5 Å².